The predicted molar refractivity (Wildman–Crippen MR) is 121 cm³/mol. The van der Waals surface area contributed by atoms with E-state index in [0.29, 0.717) is 18.9 Å². The third-order valence-corrected chi connectivity index (χ3v) is 7.92. The molecule has 1 aromatic carbocycles. The van der Waals surface area contributed by atoms with Gasteiger partial charge >= 0.3 is 0 Å². The van der Waals surface area contributed by atoms with Crippen LogP contribution in [0.1, 0.15) is 56.9 Å². The summed E-state index contributed by atoms with van der Waals surface area (Å²) in [5, 5.41) is 0. The maximum atomic E-state index is 12.0. The summed E-state index contributed by atoms with van der Waals surface area (Å²) in [6, 6.07) is 7.40. The molecule has 1 saturated carbocycles. The van der Waals surface area contributed by atoms with Crippen LogP contribution in [0.25, 0.3) is 0 Å². The first-order valence-corrected chi connectivity index (χ1v) is 12.2. The summed E-state index contributed by atoms with van der Waals surface area (Å²) in [6.07, 6.45) is 8.86. The van der Waals surface area contributed by atoms with Crippen LogP contribution in [0.4, 0.5) is 5.69 Å². The second-order valence-corrected chi connectivity index (χ2v) is 10.1. The number of carbonyl (C=O) groups excluding carboxylic acids is 1. The lowest BCUT2D eigenvalue weighted by Gasteiger charge is -2.47. The fraction of sp³-hybridized carbons (Fsp3) is 0.720. The first-order valence-electron chi connectivity index (χ1n) is 12.2. The Morgan fingerprint density at radius 1 is 1.10 bits per heavy atom. The van der Waals surface area contributed by atoms with Crippen LogP contribution in [-0.2, 0) is 16.1 Å². The quantitative estimate of drug-likeness (QED) is 0.734. The maximum Gasteiger partial charge on any atom is 0.222 e. The highest BCUT2D eigenvalue weighted by Crippen LogP contribution is 2.40. The Kier molecular flexibility index (Phi) is 5.86. The van der Waals surface area contributed by atoms with Crippen LogP contribution in [0.2, 0.25) is 0 Å². The molecule has 1 aliphatic carbocycles. The number of benzene rings is 1. The molecule has 31 heavy (non-hydrogen) atoms. The van der Waals surface area contributed by atoms with Crippen molar-refractivity contribution in [1.29, 1.82) is 0 Å². The molecular weight excluding hydrogens is 390 g/mol. The third kappa shape index (κ3) is 4.42. The molecule has 3 aliphatic heterocycles. The topological polar surface area (TPSA) is 45.2 Å². The Labute approximate surface area is 186 Å². The number of ether oxygens (including phenoxy) is 2. The Balaban J connectivity index is 1.17. The first kappa shape index (κ1) is 21.1. The number of amides is 1. The standard InChI is InChI=1S/C25H37N3O3/c1-26(2)24(29)16-19-8-12-27(13-9-19)22-6-7-23-20(17-22)18-30-25(31-23)10-14-28(15-11-25)21-4-3-5-21/h6-7,17,19,21H,3-5,8-16,18H2,1-2H3. The van der Waals surface area contributed by atoms with E-state index in [0.717, 1.165) is 69.2 Å². The highest BCUT2D eigenvalue weighted by molar-refractivity contribution is 5.75. The summed E-state index contributed by atoms with van der Waals surface area (Å²) in [6.45, 7) is 4.83. The molecule has 1 spiro atoms. The molecular formula is C25H37N3O3. The van der Waals surface area contributed by atoms with Crippen LogP contribution in [-0.4, -0.2) is 67.8 Å². The zero-order chi connectivity index (χ0) is 21.4. The second kappa shape index (κ2) is 8.62. The summed E-state index contributed by atoms with van der Waals surface area (Å²) in [5.41, 5.74) is 2.41. The molecule has 0 aromatic heterocycles. The van der Waals surface area contributed by atoms with Gasteiger partial charge in [0.05, 0.1) is 6.61 Å². The minimum atomic E-state index is -0.425. The number of nitrogens with zero attached hydrogens (tertiary/aromatic N) is 3. The van der Waals surface area contributed by atoms with Crippen molar-refractivity contribution in [1.82, 2.24) is 9.80 Å². The number of fused-ring (bicyclic) bond motifs is 1. The summed E-state index contributed by atoms with van der Waals surface area (Å²) >= 11 is 0. The lowest BCUT2D eigenvalue weighted by molar-refractivity contribution is -0.231. The molecule has 0 bridgehead atoms. The van der Waals surface area contributed by atoms with Gasteiger partial charge in [0.15, 0.2) is 0 Å². The van der Waals surface area contributed by atoms with Gasteiger partial charge in [-0.3, -0.25) is 9.69 Å². The van der Waals surface area contributed by atoms with Crippen molar-refractivity contribution in [3.05, 3.63) is 23.8 Å². The lowest BCUT2D eigenvalue weighted by atomic mass is 9.89. The molecule has 0 unspecified atom stereocenters. The smallest absolute Gasteiger partial charge is 0.222 e. The van der Waals surface area contributed by atoms with Crippen LogP contribution >= 0.6 is 0 Å². The van der Waals surface area contributed by atoms with Gasteiger partial charge in [0.1, 0.15) is 5.75 Å². The minimum absolute atomic E-state index is 0.244. The average Bonchev–Trinajstić information content (AvgIpc) is 2.74. The Morgan fingerprint density at radius 2 is 1.84 bits per heavy atom. The molecule has 5 rings (SSSR count). The van der Waals surface area contributed by atoms with Crippen LogP contribution in [0.5, 0.6) is 5.75 Å². The molecule has 0 atom stereocenters. The van der Waals surface area contributed by atoms with E-state index in [-0.39, 0.29) is 5.91 Å². The van der Waals surface area contributed by atoms with E-state index >= 15 is 0 Å². The highest BCUT2D eigenvalue weighted by atomic mass is 16.7. The number of carbonyl (C=O) groups is 1. The Hall–Kier alpha value is -1.79. The van der Waals surface area contributed by atoms with Crippen molar-refractivity contribution in [2.24, 2.45) is 5.92 Å². The number of likely N-dealkylation sites (tertiary alicyclic amines) is 1. The highest BCUT2D eigenvalue weighted by Gasteiger charge is 2.42. The van der Waals surface area contributed by atoms with Gasteiger partial charge in [-0.05, 0) is 49.8 Å². The zero-order valence-electron chi connectivity index (χ0n) is 19.1. The van der Waals surface area contributed by atoms with Crippen LogP contribution in [0.3, 0.4) is 0 Å². The molecule has 1 aromatic rings. The third-order valence-electron chi connectivity index (χ3n) is 7.92. The van der Waals surface area contributed by atoms with E-state index in [1.807, 2.05) is 14.1 Å². The molecule has 3 heterocycles. The van der Waals surface area contributed by atoms with E-state index in [4.69, 9.17) is 9.47 Å². The zero-order valence-corrected chi connectivity index (χ0v) is 19.1. The van der Waals surface area contributed by atoms with Gasteiger partial charge in [0.2, 0.25) is 11.7 Å². The van der Waals surface area contributed by atoms with Crippen LogP contribution in [0, 0.1) is 5.92 Å². The molecule has 4 aliphatic rings. The van der Waals surface area contributed by atoms with E-state index in [1.54, 1.807) is 4.90 Å². The van der Waals surface area contributed by atoms with Crippen molar-refractivity contribution in [2.75, 3.05) is 45.2 Å². The fourth-order valence-corrected chi connectivity index (χ4v) is 5.47. The van der Waals surface area contributed by atoms with Gasteiger partial charge in [-0.15, -0.1) is 0 Å². The largest absolute Gasteiger partial charge is 0.462 e. The Morgan fingerprint density at radius 3 is 2.48 bits per heavy atom. The summed E-state index contributed by atoms with van der Waals surface area (Å²) in [4.78, 5) is 18.8. The summed E-state index contributed by atoms with van der Waals surface area (Å²) in [7, 11) is 3.69. The molecule has 6 nitrogen and oxygen atoms in total. The predicted octanol–water partition coefficient (Wildman–Crippen LogP) is 3.63. The van der Waals surface area contributed by atoms with Crippen molar-refractivity contribution >= 4 is 11.6 Å². The van der Waals surface area contributed by atoms with Gasteiger partial charge in [0.25, 0.3) is 0 Å². The number of hydrogen-bond donors (Lipinski definition) is 0. The maximum absolute atomic E-state index is 12.0. The van der Waals surface area contributed by atoms with Gasteiger partial charge in [-0.2, -0.15) is 0 Å². The van der Waals surface area contributed by atoms with Gasteiger partial charge in [-0.25, -0.2) is 0 Å². The van der Waals surface area contributed by atoms with E-state index in [2.05, 4.69) is 28.0 Å². The van der Waals surface area contributed by atoms with E-state index in [1.165, 1.54) is 24.9 Å². The van der Waals surface area contributed by atoms with E-state index < -0.39 is 5.79 Å². The SMILES string of the molecule is CN(C)C(=O)CC1CCN(c2ccc3c(c2)COC2(CCN(C4CCC4)CC2)O3)CC1. The molecule has 6 heteroatoms. The summed E-state index contributed by atoms with van der Waals surface area (Å²) in [5.74, 6) is 1.32. The van der Waals surface area contributed by atoms with Crippen molar-refractivity contribution in [3.63, 3.8) is 0 Å². The molecule has 2 saturated heterocycles. The fourth-order valence-electron chi connectivity index (χ4n) is 5.47. The first-order chi connectivity index (χ1) is 15.0. The molecule has 3 fully saturated rings. The minimum Gasteiger partial charge on any atom is -0.462 e. The number of hydrogen-bond acceptors (Lipinski definition) is 5. The van der Waals surface area contributed by atoms with Gasteiger partial charge in [-0.1, -0.05) is 6.42 Å². The lowest BCUT2D eigenvalue weighted by Crippen LogP contribution is -2.54. The van der Waals surface area contributed by atoms with Crippen molar-refractivity contribution in [3.8, 4) is 5.75 Å². The van der Waals surface area contributed by atoms with Crippen LogP contribution < -0.4 is 9.64 Å². The number of anilines is 1. The van der Waals surface area contributed by atoms with Gasteiger partial charge < -0.3 is 19.3 Å². The number of rotatable bonds is 4. The number of piperidine rings is 2. The monoisotopic (exact) mass is 427 g/mol. The second-order valence-electron chi connectivity index (χ2n) is 10.1. The van der Waals surface area contributed by atoms with Crippen molar-refractivity contribution in [2.45, 2.75) is 69.8 Å². The molecule has 0 radical (unpaired) electrons. The van der Waals surface area contributed by atoms with Crippen LogP contribution in [0.15, 0.2) is 18.2 Å². The molecule has 170 valence electrons. The van der Waals surface area contributed by atoms with Gasteiger partial charge in [0, 0.05) is 76.8 Å². The normalized spacial score (nSPS) is 24.4. The molecule has 1 amide bonds. The average molecular weight is 428 g/mol. The summed E-state index contributed by atoms with van der Waals surface area (Å²) < 4.78 is 12.8. The van der Waals surface area contributed by atoms with E-state index in [9.17, 15) is 4.79 Å². The Bertz CT molecular complexity index is 791. The van der Waals surface area contributed by atoms with Crippen molar-refractivity contribution < 1.29 is 14.3 Å². The molecule has 0 N–H and O–H groups in total.